The summed E-state index contributed by atoms with van der Waals surface area (Å²) in [5.74, 6) is 1.72. The molecule has 1 fully saturated rings. The highest BCUT2D eigenvalue weighted by Crippen LogP contribution is 2.21. The highest BCUT2D eigenvalue weighted by atomic mass is 32.1. The van der Waals surface area contributed by atoms with Gasteiger partial charge in [0.1, 0.15) is 24.1 Å². The van der Waals surface area contributed by atoms with Crippen molar-refractivity contribution < 1.29 is 24.1 Å². The van der Waals surface area contributed by atoms with Crippen LogP contribution in [0.3, 0.4) is 0 Å². The highest BCUT2D eigenvalue weighted by Gasteiger charge is 2.37. The van der Waals surface area contributed by atoms with Crippen molar-refractivity contribution in [2.45, 2.75) is 31.8 Å². The van der Waals surface area contributed by atoms with Crippen molar-refractivity contribution in [1.82, 2.24) is 19.2 Å². The Kier molecular flexibility index (Phi) is 6.32. The summed E-state index contributed by atoms with van der Waals surface area (Å²) in [6, 6.07) is 6.76. The second kappa shape index (κ2) is 8.72. The molecule has 152 valence electrons. The number of hydrogen-bond donors (Lipinski definition) is 1. The highest BCUT2D eigenvalue weighted by molar-refractivity contribution is 7.71. The zero-order valence-electron chi connectivity index (χ0n) is 16.1. The number of aliphatic hydroxyl groups is 1. The molecule has 1 aromatic heterocycles. The summed E-state index contributed by atoms with van der Waals surface area (Å²) in [5.41, 5.74) is 0. The van der Waals surface area contributed by atoms with E-state index in [0.717, 1.165) is 5.75 Å². The number of nitrogens with zero attached hydrogens (tertiary/aromatic N) is 4. The lowest BCUT2D eigenvalue weighted by molar-refractivity contribution is -0.146. The lowest BCUT2D eigenvalue weighted by Gasteiger charge is -2.21. The molecule has 9 nitrogen and oxygen atoms in total. The maximum Gasteiger partial charge on any atom is 0.323 e. The number of ether oxygens (including phenoxy) is 3. The van der Waals surface area contributed by atoms with Crippen molar-refractivity contribution >= 4 is 18.2 Å². The molecule has 10 heteroatoms. The van der Waals surface area contributed by atoms with Crippen LogP contribution in [0.1, 0.15) is 12.2 Å². The second-order valence-electron chi connectivity index (χ2n) is 6.56. The van der Waals surface area contributed by atoms with E-state index in [-0.39, 0.29) is 19.2 Å². The number of carbonyl (C=O) groups excluding carboxylic acids is 1. The van der Waals surface area contributed by atoms with Gasteiger partial charge in [-0.05, 0) is 36.5 Å². The molecule has 0 spiro atoms. The van der Waals surface area contributed by atoms with E-state index in [9.17, 15) is 9.90 Å². The fourth-order valence-corrected chi connectivity index (χ4v) is 3.36. The molecule has 1 saturated heterocycles. The van der Waals surface area contributed by atoms with Crippen LogP contribution in [0, 0.1) is 4.77 Å². The van der Waals surface area contributed by atoms with E-state index >= 15 is 0 Å². The molecule has 1 aliphatic rings. The third kappa shape index (κ3) is 4.34. The fourth-order valence-electron chi connectivity index (χ4n) is 3.16. The first kappa shape index (κ1) is 20.3. The fraction of sp³-hybridized carbons (Fsp3) is 0.500. The predicted octanol–water partition coefficient (Wildman–Crippen LogP) is 1.10. The summed E-state index contributed by atoms with van der Waals surface area (Å²) in [6.45, 7) is 0.879. The van der Waals surface area contributed by atoms with Crippen molar-refractivity contribution in [2.75, 3.05) is 20.8 Å². The lowest BCUT2D eigenvalue weighted by atomic mass is 10.2. The van der Waals surface area contributed by atoms with Gasteiger partial charge in [0, 0.05) is 20.0 Å². The number of aromatic nitrogens is 3. The Balaban J connectivity index is 1.70. The van der Waals surface area contributed by atoms with E-state index < -0.39 is 12.1 Å². The number of carbonyl (C=O) groups is 1. The molecular weight excluding hydrogens is 384 g/mol. The topological polar surface area (TPSA) is 91.0 Å². The van der Waals surface area contributed by atoms with Crippen molar-refractivity contribution in [3.8, 4) is 11.5 Å². The summed E-state index contributed by atoms with van der Waals surface area (Å²) in [4.78, 5) is 13.8. The van der Waals surface area contributed by atoms with Crippen LogP contribution in [0.2, 0.25) is 0 Å². The summed E-state index contributed by atoms with van der Waals surface area (Å²) in [6.07, 6.45) is -0.250. The van der Waals surface area contributed by atoms with Gasteiger partial charge in [-0.25, -0.2) is 4.68 Å². The molecule has 0 bridgehead atoms. The maximum absolute atomic E-state index is 12.0. The van der Waals surface area contributed by atoms with E-state index in [0.29, 0.717) is 29.3 Å². The maximum atomic E-state index is 12.0. The van der Waals surface area contributed by atoms with E-state index in [1.54, 1.807) is 16.4 Å². The Morgan fingerprint density at radius 2 is 1.96 bits per heavy atom. The van der Waals surface area contributed by atoms with Crippen LogP contribution in [-0.2, 0) is 29.9 Å². The van der Waals surface area contributed by atoms with E-state index in [2.05, 4.69) is 5.10 Å². The minimum Gasteiger partial charge on any atom is -0.497 e. The molecule has 0 radical (unpaired) electrons. The van der Waals surface area contributed by atoms with Crippen LogP contribution in [0.25, 0.3) is 0 Å². The van der Waals surface area contributed by atoms with Crippen LogP contribution in [0.5, 0.6) is 11.5 Å². The Bertz CT molecular complexity index is 879. The molecule has 0 amide bonds. The summed E-state index contributed by atoms with van der Waals surface area (Å²) in [7, 11) is 4.76. The molecule has 0 unspecified atom stereocenters. The third-order valence-electron chi connectivity index (χ3n) is 4.73. The van der Waals surface area contributed by atoms with E-state index in [1.165, 1.54) is 7.11 Å². The normalized spacial score (nSPS) is 19.6. The van der Waals surface area contributed by atoms with Crippen molar-refractivity contribution in [1.29, 1.82) is 0 Å². The zero-order valence-corrected chi connectivity index (χ0v) is 16.9. The first-order valence-corrected chi connectivity index (χ1v) is 9.23. The van der Waals surface area contributed by atoms with Gasteiger partial charge in [-0.15, -0.1) is 0 Å². The van der Waals surface area contributed by atoms with Gasteiger partial charge in [-0.2, -0.15) is 5.10 Å². The second-order valence-corrected chi connectivity index (χ2v) is 6.93. The minimum absolute atomic E-state index is 0.239. The Labute approximate surface area is 168 Å². The first-order chi connectivity index (χ1) is 13.4. The monoisotopic (exact) mass is 408 g/mol. The third-order valence-corrected chi connectivity index (χ3v) is 5.21. The van der Waals surface area contributed by atoms with Crippen LogP contribution < -0.4 is 9.47 Å². The van der Waals surface area contributed by atoms with Crippen molar-refractivity contribution in [2.24, 2.45) is 7.05 Å². The molecule has 2 heterocycles. The largest absolute Gasteiger partial charge is 0.497 e. The molecule has 2 atom stereocenters. The Hall–Kier alpha value is -2.43. The molecule has 28 heavy (non-hydrogen) atoms. The van der Waals surface area contributed by atoms with Gasteiger partial charge in [0.15, 0.2) is 10.6 Å². The van der Waals surface area contributed by atoms with Crippen LogP contribution in [0.4, 0.5) is 0 Å². The number of rotatable bonds is 7. The van der Waals surface area contributed by atoms with Gasteiger partial charge in [0.2, 0.25) is 0 Å². The Morgan fingerprint density at radius 1 is 1.29 bits per heavy atom. The Morgan fingerprint density at radius 3 is 2.61 bits per heavy atom. The standard InChI is InChI=1S/C18H24N4O5S/c1-20-16(10-27-14-6-4-13(25-2)5-7-14)19-22(18(20)28)11-21-9-12(23)8-15(21)17(24)26-3/h4-7,12,15,23H,8-11H2,1-3H3/t12-,15+/m1/s1. The first-order valence-electron chi connectivity index (χ1n) is 8.82. The van der Waals surface area contributed by atoms with Gasteiger partial charge >= 0.3 is 5.97 Å². The molecule has 1 aliphatic heterocycles. The number of β-amino-alcohol motifs (C(OH)–C–C–N with tert-alkyl or cyclic N) is 1. The molecular formula is C18H24N4O5S. The van der Waals surface area contributed by atoms with Gasteiger partial charge in [0.25, 0.3) is 0 Å². The van der Waals surface area contributed by atoms with Crippen LogP contribution in [0.15, 0.2) is 24.3 Å². The predicted molar refractivity (Wildman–Crippen MR) is 102 cm³/mol. The molecule has 1 N–H and O–H groups in total. The average molecular weight is 408 g/mol. The average Bonchev–Trinajstić information content (AvgIpc) is 3.20. The van der Waals surface area contributed by atoms with E-state index in [1.807, 2.05) is 36.2 Å². The zero-order chi connectivity index (χ0) is 20.3. The van der Waals surface area contributed by atoms with Gasteiger partial charge in [0.05, 0.1) is 27.0 Å². The summed E-state index contributed by atoms with van der Waals surface area (Å²) in [5, 5.41) is 14.4. The molecule has 0 saturated carbocycles. The van der Waals surface area contributed by atoms with Gasteiger partial charge in [-0.3, -0.25) is 9.69 Å². The molecule has 1 aromatic carbocycles. The SMILES string of the molecule is COC(=O)[C@@H]1C[C@@H](O)CN1Cn1nc(COc2ccc(OC)cc2)n(C)c1=S. The molecule has 3 rings (SSSR count). The van der Waals surface area contributed by atoms with Crippen molar-refractivity contribution in [3.05, 3.63) is 34.9 Å². The molecule has 0 aliphatic carbocycles. The van der Waals surface area contributed by atoms with Crippen molar-refractivity contribution in [3.63, 3.8) is 0 Å². The van der Waals surface area contributed by atoms with E-state index in [4.69, 9.17) is 26.4 Å². The smallest absolute Gasteiger partial charge is 0.323 e. The van der Waals surface area contributed by atoms with Gasteiger partial charge < -0.3 is 23.9 Å². The van der Waals surface area contributed by atoms with Crippen LogP contribution in [-0.4, -0.2) is 63.2 Å². The van der Waals surface area contributed by atoms with Crippen LogP contribution >= 0.6 is 12.2 Å². The minimum atomic E-state index is -0.583. The quantitative estimate of drug-likeness (QED) is 0.538. The number of benzene rings is 1. The van der Waals surface area contributed by atoms with Gasteiger partial charge in [-0.1, -0.05) is 0 Å². The molecule has 2 aromatic rings. The lowest BCUT2D eigenvalue weighted by Crippen LogP contribution is -2.38. The summed E-state index contributed by atoms with van der Waals surface area (Å²) >= 11 is 5.46. The number of aliphatic hydroxyl groups excluding tert-OH is 1. The summed E-state index contributed by atoms with van der Waals surface area (Å²) < 4.78 is 19.6. The number of hydrogen-bond acceptors (Lipinski definition) is 8. The number of esters is 1. The number of likely N-dealkylation sites (tertiary alicyclic amines) is 1. The number of methoxy groups -OCH3 is 2.